The first-order valence-electron chi connectivity index (χ1n) is 5.19. The van der Waals surface area contributed by atoms with Gasteiger partial charge < -0.3 is 15.8 Å². The highest BCUT2D eigenvalue weighted by atomic mass is 16.5. The lowest BCUT2D eigenvalue weighted by atomic mass is 10.2. The average Bonchev–Trinajstić information content (AvgIpc) is 2.35. The summed E-state index contributed by atoms with van der Waals surface area (Å²) in [5.41, 5.74) is 8.38. The summed E-state index contributed by atoms with van der Waals surface area (Å²) >= 11 is 0. The summed E-state index contributed by atoms with van der Waals surface area (Å²) in [7, 11) is 1.52. The summed E-state index contributed by atoms with van der Waals surface area (Å²) in [6, 6.07) is 7.95. The molecular weight excluding hydrogens is 216 g/mol. The topological polar surface area (TPSA) is 73.1 Å². The molecule has 0 radical (unpaired) electrons. The van der Waals surface area contributed by atoms with Crippen LogP contribution < -0.4 is 15.8 Å². The highest BCUT2D eigenvalue weighted by molar-refractivity contribution is 5.72. The molecule has 0 aliphatic heterocycles. The Bertz CT molecular complexity index is 510. The number of methoxy groups -OCH3 is 1. The number of aromatic nitrogens is 2. The van der Waals surface area contributed by atoms with Crippen molar-refractivity contribution in [3.8, 4) is 5.88 Å². The van der Waals surface area contributed by atoms with Gasteiger partial charge in [-0.2, -0.15) is 4.98 Å². The van der Waals surface area contributed by atoms with Crippen LogP contribution in [0.3, 0.4) is 0 Å². The van der Waals surface area contributed by atoms with E-state index in [2.05, 4.69) is 15.3 Å². The third kappa shape index (κ3) is 2.44. The van der Waals surface area contributed by atoms with E-state index in [9.17, 15) is 0 Å². The monoisotopic (exact) mass is 230 g/mol. The first-order valence-corrected chi connectivity index (χ1v) is 5.19. The molecule has 0 bridgehead atoms. The number of benzene rings is 1. The molecule has 0 aliphatic carbocycles. The molecule has 0 atom stereocenters. The number of nitrogens with zero attached hydrogens (tertiary/aromatic N) is 2. The van der Waals surface area contributed by atoms with Crippen LogP contribution in [0.4, 0.5) is 17.2 Å². The van der Waals surface area contributed by atoms with Gasteiger partial charge in [-0.05, 0) is 19.1 Å². The van der Waals surface area contributed by atoms with E-state index in [4.69, 9.17) is 10.5 Å². The molecule has 1 aromatic heterocycles. The smallest absolute Gasteiger partial charge is 0.242 e. The number of rotatable bonds is 3. The van der Waals surface area contributed by atoms with Crippen LogP contribution in [0.25, 0.3) is 0 Å². The zero-order valence-electron chi connectivity index (χ0n) is 9.77. The highest BCUT2D eigenvalue weighted by Crippen LogP contribution is 2.26. The summed E-state index contributed by atoms with van der Waals surface area (Å²) in [6.07, 6.45) is 1.41. The van der Waals surface area contributed by atoms with E-state index in [0.717, 1.165) is 5.69 Å². The van der Waals surface area contributed by atoms with Gasteiger partial charge in [0.1, 0.15) is 12.0 Å². The highest BCUT2D eigenvalue weighted by Gasteiger charge is 2.07. The standard InChI is InChI=1S/C12H14N4O/c1-8-3-5-9(6-4-8)16-11-10(13)12(17-2)15-7-14-11/h3-7H,13H2,1-2H3,(H,14,15,16). The first-order chi connectivity index (χ1) is 8.20. The predicted molar refractivity (Wildman–Crippen MR) is 67.5 cm³/mol. The first kappa shape index (κ1) is 11.2. The molecule has 0 saturated heterocycles. The molecule has 2 aromatic rings. The number of hydrogen-bond donors (Lipinski definition) is 2. The summed E-state index contributed by atoms with van der Waals surface area (Å²) in [6.45, 7) is 2.03. The van der Waals surface area contributed by atoms with Gasteiger partial charge >= 0.3 is 0 Å². The molecule has 5 nitrogen and oxygen atoms in total. The third-order valence-electron chi connectivity index (χ3n) is 2.36. The predicted octanol–water partition coefficient (Wildman–Crippen LogP) is 2.12. The Labute approximate surface area is 99.7 Å². The number of nitrogen functional groups attached to an aromatic ring is 1. The van der Waals surface area contributed by atoms with Crippen molar-refractivity contribution in [2.45, 2.75) is 6.92 Å². The van der Waals surface area contributed by atoms with Crippen molar-refractivity contribution in [3.63, 3.8) is 0 Å². The zero-order chi connectivity index (χ0) is 12.3. The summed E-state index contributed by atoms with van der Waals surface area (Å²) in [5, 5.41) is 3.12. The summed E-state index contributed by atoms with van der Waals surface area (Å²) in [4.78, 5) is 7.99. The van der Waals surface area contributed by atoms with Gasteiger partial charge in [0.05, 0.1) is 7.11 Å². The maximum atomic E-state index is 5.86. The molecule has 0 unspecified atom stereocenters. The van der Waals surface area contributed by atoms with Crippen molar-refractivity contribution in [1.29, 1.82) is 0 Å². The molecule has 0 saturated carbocycles. The molecule has 2 rings (SSSR count). The van der Waals surface area contributed by atoms with Crippen LogP contribution in [0, 0.1) is 6.92 Å². The van der Waals surface area contributed by atoms with E-state index < -0.39 is 0 Å². The largest absolute Gasteiger partial charge is 0.479 e. The molecule has 88 valence electrons. The molecule has 1 aromatic carbocycles. The van der Waals surface area contributed by atoms with Gasteiger partial charge in [0, 0.05) is 5.69 Å². The normalized spacial score (nSPS) is 10.0. The Hall–Kier alpha value is -2.30. The molecule has 17 heavy (non-hydrogen) atoms. The molecule has 1 heterocycles. The van der Waals surface area contributed by atoms with Gasteiger partial charge in [-0.3, -0.25) is 0 Å². The quantitative estimate of drug-likeness (QED) is 0.844. The maximum absolute atomic E-state index is 5.86. The van der Waals surface area contributed by atoms with Crippen LogP contribution in [-0.2, 0) is 0 Å². The average molecular weight is 230 g/mol. The van der Waals surface area contributed by atoms with E-state index in [1.165, 1.54) is 19.0 Å². The van der Waals surface area contributed by atoms with Gasteiger partial charge in [0.15, 0.2) is 5.82 Å². The molecule has 5 heteroatoms. The van der Waals surface area contributed by atoms with E-state index in [-0.39, 0.29) is 0 Å². The Morgan fingerprint density at radius 2 is 1.88 bits per heavy atom. The minimum absolute atomic E-state index is 0.370. The number of aryl methyl sites for hydroxylation is 1. The molecule has 0 spiro atoms. The lowest BCUT2D eigenvalue weighted by molar-refractivity contribution is 0.399. The van der Waals surface area contributed by atoms with Crippen LogP contribution in [0.5, 0.6) is 5.88 Å². The number of ether oxygens (including phenoxy) is 1. The van der Waals surface area contributed by atoms with Gasteiger partial charge in [-0.15, -0.1) is 0 Å². The lowest BCUT2D eigenvalue weighted by Gasteiger charge is -2.10. The van der Waals surface area contributed by atoms with Gasteiger partial charge in [0.2, 0.25) is 5.88 Å². The zero-order valence-corrected chi connectivity index (χ0v) is 9.77. The number of nitrogens with one attached hydrogen (secondary N) is 1. The fourth-order valence-electron chi connectivity index (χ4n) is 1.42. The molecule has 0 aliphatic rings. The summed E-state index contributed by atoms with van der Waals surface area (Å²) < 4.78 is 5.03. The molecule has 0 fully saturated rings. The Balaban J connectivity index is 2.27. The van der Waals surface area contributed by atoms with Crippen LogP contribution in [-0.4, -0.2) is 17.1 Å². The van der Waals surface area contributed by atoms with Crippen molar-refractivity contribution in [2.24, 2.45) is 0 Å². The molecule has 0 amide bonds. The van der Waals surface area contributed by atoms with Crippen molar-refractivity contribution in [3.05, 3.63) is 36.2 Å². The van der Waals surface area contributed by atoms with E-state index >= 15 is 0 Å². The van der Waals surface area contributed by atoms with E-state index in [1.807, 2.05) is 31.2 Å². The van der Waals surface area contributed by atoms with Crippen molar-refractivity contribution < 1.29 is 4.74 Å². The van der Waals surface area contributed by atoms with Crippen molar-refractivity contribution >= 4 is 17.2 Å². The minimum Gasteiger partial charge on any atom is -0.479 e. The fraction of sp³-hybridized carbons (Fsp3) is 0.167. The van der Waals surface area contributed by atoms with E-state index in [1.54, 1.807) is 0 Å². The van der Waals surface area contributed by atoms with Gasteiger partial charge in [0.25, 0.3) is 0 Å². The Kier molecular flexibility index (Phi) is 3.09. The van der Waals surface area contributed by atoms with Crippen molar-refractivity contribution in [1.82, 2.24) is 9.97 Å². The fourth-order valence-corrected chi connectivity index (χ4v) is 1.42. The van der Waals surface area contributed by atoms with Gasteiger partial charge in [-0.1, -0.05) is 17.7 Å². The SMILES string of the molecule is COc1ncnc(Nc2ccc(C)cc2)c1N. The number of anilines is 3. The number of hydrogen-bond acceptors (Lipinski definition) is 5. The third-order valence-corrected chi connectivity index (χ3v) is 2.36. The minimum atomic E-state index is 0.370. The van der Waals surface area contributed by atoms with Crippen LogP contribution in [0.2, 0.25) is 0 Å². The van der Waals surface area contributed by atoms with Crippen LogP contribution in [0.15, 0.2) is 30.6 Å². The molecular formula is C12H14N4O. The molecule has 3 N–H and O–H groups in total. The second-order valence-corrected chi connectivity index (χ2v) is 3.64. The Morgan fingerprint density at radius 1 is 1.18 bits per heavy atom. The Morgan fingerprint density at radius 3 is 2.53 bits per heavy atom. The van der Waals surface area contributed by atoms with Crippen LogP contribution in [0.1, 0.15) is 5.56 Å². The van der Waals surface area contributed by atoms with Gasteiger partial charge in [-0.25, -0.2) is 4.98 Å². The second kappa shape index (κ2) is 4.69. The second-order valence-electron chi connectivity index (χ2n) is 3.64. The lowest BCUT2D eigenvalue weighted by Crippen LogP contribution is -2.03. The van der Waals surface area contributed by atoms with E-state index in [0.29, 0.717) is 17.4 Å². The van der Waals surface area contributed by atoms with Crippen molar-refractivity contribution in [2.75, 3.05) is 18.2 Å². The number of nitrogens with two attached hydrogens (primary N) is 1. The van der Waals surface area contributed by atoms with Crippen LogP contribution >= 0.6 is 0 Å². The summed E-state index contributed by atoms with van der Waals surface area (Å²) in [5.74, 6) is 0.912. The maximum Gasteiger partial charge on any atom is 0.242 e.